The lowest BCUT2D eigenvalue weighted by Crippen LogP contribution is -2.56. The summed E-state index contributed by atoms with van der Waals surface area (Å²) in [5.74, 6) is -2.88. The highest BCUT2D eigenvalue weighted by Crippen LogP contribution is 2.07. The van der Waals surface area contributed by atoms with Gasteiger partial charge >= 0.3 is 5.97 Å². The Morgan fingerprint density at radius 2 is 2.07 bits per heavy atom. The van der Waals surface area contributed by atoms with Crippen molar-refractivity contribution >= 4 is 23.7 Å². The lowest BCUT2D eigenvalue weighted by molar-refractivity contribution is -0.137. The van der Waals surface area contributed by atoms with Crippen molar-refractivity contribution in [3.63, 3.8) is 0 Å². The molecule has 0 bridgehead atoms. The van der Waals surface area contributed by atoms with Crippen LogP contribution in [-0.4, -0.2) is 63.4 Å². The SMILES string of the molecule is NC(=O)[C@H](CCC(=O)O)NC(=O)[C@H](Cc1cnc[nH]1)NC(=O)[C@@H]1CCCN1. The summed E-state index contributed by atoms with van der Waals surface area (Å²) in [7, 11) is 0. The van der Waals surface area contributed by atoms with E-state index in [1.807, 2.05) is 0 Å². The number of imidazole rings is 1. The Kier molecular flexibility index (Phi) is 7.29. The molecule has 0 radical (unpaired) electrons. The van der Waals surface area contributed by atoms with Gasteiger partial charge in [0.25, 0.3) is 0 Å². The first kappa shape index (κ1) is 20.4. The van der Waals surface area contributed by atoms with Gasteiger partial charge in [-0.3, -0.25) is 19.2 Å². The summed E-state index contributed by atoms with van der Waals surface area (Å²) in [6, 6.07) is -2.48. The molecule has 1 fully saturated rings. The van der Waals surface area contributed by atoms with Crippen LogP contribution in [-0.2, 0) is 25.6 Å². The van der Waals surface area contributed by atoms with Crippen LogP contribution in [0.5, 0.6) is 0 Å². The largest absolute Gasteiger partial charge is 0.481 e. The van der Waals surface area contributed by atoms with Crippen LogP contribution >= 0.6 is 0 Å². The number of carboxylic acid groups (broad SMARTS) is 1. The summed E-state index contributed by atoms with van der Waals surface area (Å²) in [6.07, 6.45) is 4.19. The lowest BCUT2D eigenvalue weighted by atomic mass is 10.1. The number of carboxylic acids is 1. The third kappa shape index (κ3) is 6.37. The Balaban J connectivity index is 2.05. The van der Waals surface area contributed by atoms with E-state index in [-0.39, 0.29) is 31.2 Å². The maximum atomic E-state index is 12.6. The van der Waals surface area contributed by atoms with Crippen LogP contribution in [0.2, 0.25) is 0 Å². The molecule has 7 N–H and O–H groups in total. The summed E-state index contributed by atoms with van der Waals surface area (Å²) < 4.78 is 0. The van der Waals surface area contributed by atoms with Crippen molar-refractivity contribution in [3.05, 3.63) is 18.2 Å². The summed E-state index contributed by atoms with van der Waals surface area (Å²) in [6.45, 7) is 0.731. The quantitative estimate of drug-likeness (QED) is 0.272. The second-order valence-electron chi connectivity index (χ2n) is 6.39. The normalized spacial score (nSPS) is 18.4. The fourth-order valence-electron chi connectivity index (χ4n) is 2.83. The second-order valence-corrected chi connectivity index (χ2v) is 6.39. The average molecular weight is 380 g/mol. The number of hydrogen-bond donors (Lipinski definition) is 6. The summed E-state index contributed by atoms with van der Waals surface area (Å²) >= 11 is 0. The van der Waals surface area contributed by atoms with Crippen LogP contribution in [0.3, 0.4) is 0 Å². The van der Waals surface area contributed by atoms with Gasteiger partial charge in [-0.2, -0.15) is 0 Å². The molecule has 148 valence electrons. The maximum absolute atomic E-state index is 12.6. The third-order valence-corrected chi connectivity index (χ3v) is 4.30. The zero-order chi connectivity index (χ0) is 19.8. The number of aromatic nitrogens is 2. The molecule has 0 unspecified atom stereocenters. The van der Waals surface area contributed by atoms with Crippen molar-refractivity contribution in [2.75, 3.05) is 6.54 Å². The number of amides is 3. The molecule has 1 aliphatic rings. The fraction of sp³-hybridized carbons (Fsp3) is 0.562. The second kappa shape index (κ2) is 9.67. The van der Waals surface area contributed by atoms with Crippen molar-refractivity contribution in [3.8, 4) is 0 Å². The van der Waals surface area contributed by atoms with Gasteiger partial charge in [-0.15, -0.1) is 0 Å². The molecule has 2 rings (SSSR count). The van der Waals surface area contributed by atoms with E-state index in [2.05, 4.69) is 25.9 Å². The van der Waals surface area contributed by atoms with Gasteiger partial charge in [-0.1, -0.05) is 0 Å². The topological polar surface area (TPSA) is 179 Å². The number of nitrogens with zero attached hydrogens (tertiary/aromatic N) is 1. The predicted molar refractivity (Wildman–Crippen MR) is 93.2 cm³/mol. The highest BCUT2D eigenvalue weighted by atomic mass is 16.4. The van der Waals surface area contributed by atoms with Crippen LogP contribution in [0.4, 0.5) is 0 Å². The number of nitrogens with one attached hydrogen (secondary N) is 4. The molecule has 1 aromatic heterocycles. The van der Waals surface area contributed by atoms with Crippen LogP contribution in [0.1, 0.15) is 31.4 Å². The Hall–Kier alpha value is -2.95. The minimum atomic E-state index is -1.14. The molecule has 2 heterocycles. The molecule has 3 atom stereocenters. The van der Waals surface area contributed by atoms with Gasteiger partial charge in [0.15, 0.2) is 0 Å². The van der Waals surface area contributed by atoms with Gasteiger partial charge in [0.1, 0.15) is 12.1 Å². The zero-order valence-electron chi connectivity index (χ0n) is 14.7. The number of aromatic amines is 1. The first-order chi connectivity index (χ1) is 12.9. The van der Waals surface area contributed by atoms with E-state index in [0.29, 0.717) is 12.1 Å². The Morgan fingerprint density at radius 1 is 1.30 bits per heavy atom. The fourth-order valence-corrected chi connectivity index (χ4v) is 2.83. The molecule has 0 saturated carbocycles. The Labute approximate surface area is 155 Å². The van der Waals surface area contributed by atoms with Crippen molar-refractivity contribution in [1.29, 1.82) is 0 Å². The number of nitrogens with two attached hydrogens (primary N) is 1. The predicted octanol–water partition coefficient (Wildman–Crippen LogP) is -1.98. The molecule has 27 heavy (non-hydrogen) atoms. The molecule has 1 aliphatic heterocycles. The van der Waals surface area contributed by atoms with Crippen molar-refractivity contribution in [2.24, 2.45) is 5.73 Å². The zero-order valence-corrected chi connectivity index (χ0v) is 14.7. The van der Waals surface area contributed by atoms with Crippen molar-refractivity contribution < 1.29 is 24.3 Å². The van der Waals surface area contributed by atoms with Gasteiger partial charge in [-0.05, 0) is 25.8 Å². The number of aliphatic carboxylic acids is 1. The Bertz CT molecular complexity index is 671. The van der Waals surface area contributed by atoms with Gasteiger partial charge in [0.2, 0.25) is 17.7 Å². The lowest BCUT2D eigenvalue weighted by Gasteiger charge is -2.22. The number of carbonyl (C=O) groups excluding carboxylic acids is 3. The summed E-state index contributed by atoms with van der Waals surface area (Å²) in [5, 5.41) is 16.9. The molecule has 0 aromatic carbocycles. The number of primary amides is 1. The van der Waals surface area contributed by atoms with E-state index in [9.17, 15) is 19.2 Å². The molecule has 0 aliphatic carbocycles. The first-order valence-corrected chi connectivity index (χ1v) is 8.69. The summed E-state index contributed by atoms with van der Waals surface area (Å²) in [5.41, 5.74) is 5.87. The van der Waals surface area contributed by atoms with Crippen molar-refractivity contribution in [1.82, 2.24) is 25.9 Å². The molecule has 1 aromatic rings. The highest BCUT2D eigenvalue weighted by Gasteiger charge is 2.30. The molecule has 3 amide bonds. The van der Waals surface area contributed by atoms with E-state index in [4.69, 9.17) is 10.8 Å². The van der Waals surface area contributed by atoms with E-state index < -0.39 is 29.9 Å². The monoisotopic (exact) mass is 380 g/mol. The molecule has 11 heteroatoms. The van der Waals surface area contributed by atoms with E-state index in [1.54, 1.807) is 0 Å². The average Bonchev–Trinajstić information content (AvgIpc) is 3.30. The van der Waals surface area contributed by atoms with Crippen LogP contribution in [0.25, 0.3) is 0 Å². The number of hydrogen-bond acceptors (Lipinski definition) is 6. The van der Waals surface area contributed by atoms with Crippen LogP contribution in [0.15, 0.2) is 12.5 Å². The van der Waals surface area contributed by atoms with Gasteiger partial charge < -0.3 is 31.8 Å². The van der Waals surface area contributed by atoms with E-state index in [1.165, 1.54) is 12.5 Å². The minimum Gasteiger partial charge on any atom is -0.481 e. The maximum Gasteiger partial charge on any atom is 0.303 e. The third-order valence-electron chi connectivity index (χ3n) is 4.30. The smallest absolute Gasteiger partial charge is 0.303 e. The molecule has 1 saturated heterocycles. The molecule has 0 spiro atoms. The van der Waals surface area contributed by atoms with E-state index in [0.717, 1.165) is 13.0 Å². The summed E-state index contributed by atoms with van der Waals surface area (Å²) in [4.78, 5) is 54.0. The van der Waals surface area contributed by atoms with E-state index >= 15 is 0 Å². The standard InChI is InChI=1S/C16H24N6O5/c17-14(25)10(3-4-13(23)24)21-16(27)12(6-9-7-18-8-20-9)22-15(26)11-2-1-5-19-11/h7-8,10-12,19H,1-6H2,(H2,17,25)(H,18,20)(H,21,27)(H,22,26)(H,23,24)/t10-,11-,12-/m0/s1. The Morgan fingerprint density at radius 3 is 2.63 bits per heavy atom. The van der Waals surface area contributed by atoms with Crippen molar-refractivity contribution in [2.45, 2.75) is 50.2 Å². The molecule has 11 nitrogen and oxygen atoms in total. The molecular weight excluding hydrogens is 356 g/mol. The van der Waals surface area contributed by atoms with Crippen LogP contribution < -0.4 is 21.7 Å². The van der Waals surface area contributed by atoms with Gasteiger partial charge in [0, 0.05) is 24.7 Å². The van der Waals surface area contributed by atoms with Gasteiger partial charge in [0.05, 0.1) is 12.4 Å². The van der Waals surface area contributed by atoms with Crippen LogP contribution in [0, 0.1) is 0 Å². The number of H-pyrrole nitrogens is 1. The first-order valence-electron chi connectivity index (χ1n) is 8.69. The number of rotatable bonds is 10. The highest BCUT2D eigenvalue weighted by molar-refractivity contribution is 5.93. The molecular formula is C16H24N6O5. The minimum absolute atomic E-state index is 0.134. The van der Waals surface area contributed by atoms with Gasteiger partial charge in [-0.25, -0.2) is 4.98 Å². The number of carbonyl (C=O) groups is 4.